The first-order chi connectivity index (χ1) is 9.23. The molecule has 112 valence electrons. The van der Waals surface area contributed by atoms with E-state index in [0.717, 1.165) is 0 Å². The highest BCUT2D eigenvalue weighted by Gasteiger charge is 2.61. The summed E-state index contributed by atoms with van der Waals surface area (Å²) in [6.07, 6.45) is 3.13. The molecule has 20 heavy (non-hydrogen) atoms. The van der Waals surface area contributed by atoms with Crippen molar-refractivity contribution in [2.45, 2.75) is 43.9 Å². The lowest BCUT2D eigenvalue weighted by Crippen LogP contribution is -2.53. The molecule has 2 fully saturated rings. The maximum atomic E-state index is 12.2. The van der Waals surface area contributed by atoms with E-state index < -0.39 is 26.7 Å². The maximum Gasteiger partial charge on any atom is 0.259 e. The van der Waals surface area contributed by atoms with Crippen LogP contribution in [0.4, 0.5) is 0 Å². The Kier molecular flexibility index (Phi) is 3.66. The minimum atomic E-state index is -3.60. The molecule has 0 aliphatic heterocycles. The van der Waals surface area contributed by atoms with Crippen LogP contribution in [-0.4, -0.2) is 31.0 Å². The van der Waals surface area contributed by atoms with Gasteiger partial charge in [0.2, 0.25) is 15.9 Å². The van der Waals surface area contributed by atoms with Crippen LogP contribution in [0.5, 0.6) is 0 Å². The molecular formula is C13H20N2O4S. The Labute approximate surface area is 119 Å². The van der Waals surface area contributed by atoms with Crippen LogP contribution in [0.2, 0.25) is 0 Å². The van der Waals surface area contributed by atoms with Gasteiger partial charge >= 0.3 is 0 Å². The average Bonchev–Trinajstić information content (AvgIpc) is 3.22. The first kappa shape index (κ1) is 15.0. The predicted octanol–water partition coefficient (Wildman–Crippen LogP) is 0.312. The van der Waals surface area contributed by atoms with Gasteiger partial charge in [-0.15, -0.1) is 6.58 Å². The van der Waals surface area contributed by atoms with Gasteiger partial charge in [-0.3, -0.25) is 14.3 Å². The molecule has 0 aromatic heterocycles. The molecule has 2 amide bonds. The number of sulfonamides is 1. The summed E-state index contributed by atoms with van der Waals surface area (Å²) in [5.41, 5.74) is -1.15. The summed E-state index contributed by atoms with van der Waals surface area (Å²) < 4.78 is 25.7. The Morgan fingerprint density at radius 3 is 2.35 bits per heavy atom. The van der Waals surface area contributed by atoms with Crippen molar-refractivity contribution in [1.29, 1.82) is 0 Å². The van der Waals surface area contributed by atoms with Crippen LogP contribution in [0.1, 0.15) is 33.1 Å². The minimum Gasteiger partial charge on any atom is -0.341 e. The molecule has 2 N–H and O–H groups in total. The third kappa shape index (κ3) is 2.72. The monoisotopic (exact) mass is 300 g/mol. The van der Waals surface area contributed by atoms with Crippen LogP contribution in [0.3, 0.4) is 0 Å². The number of hydrogen-bond donors (Lipinski definition) is 2. The van der Waals surface area contributed by atoms with E-state index in [4.69, 9.17) is 0 Å². The summed E-state index contributed by atoms with van der Waals surface area (Å²) in [4.78, 5) is 24.1. The molecule has 0 radical (unpaired) electrons. The molecule has 0 aromatic rings. The van der Waals surface area contributed by atoms with Crippen LogP contribution < -0.4 is 10.0 Å². The fourth-order valence-electron chi connectivity index (χ4n) is 2.08. The Balaban J connectivity index is 2.11. The van der Waals surface area contributed by atoms with Gasteiger partial charge in [0.25, 0.3) is 5.91 Å². The zero-order valence-electron chi connectivity index (χ0n) is 11.7. The number of carbonyl (C=O) groups excluding carboxylic acids is 2. The van der Waals surface area contributed by atoms with Crippen LogP contribution in [0.25, 0.3) is 0 Å². The highest BCUT2D eigenvalue weighted by atomic mass is 32.2. The van der Waals surface area contributed by atoms with Crippen molar-refractivity contribution in [2.75, 3.05) is 0 Å². The molecular weight excluding hydrogens is 280 g/mol. The van der Waals surface area contributed by atoms with E-state index in [1.54, 1.807) is 19.9 Å². The number of nitrogens with one attached hydrogen (secondary N) is 2. The molecule has 0 bridgehead atoms. The van der Waals surface area contributed by atoms with E-state index in [9.17, 15) is 18.0 Å². The van der Waals surface area contributed by atoms with Gasteiger partial charge in [-0.2, -0.15) is 0 Å². The zero-order valence-corrected chi connectivity index (χ0v) is 12.5. The van der Waals surface area contributed by atoms with Crippen molar-refractivity contribution in [3.05, 3.63) is 12.7 Å². The van der Waals surface area contributed by atoms with Crippen LogP contribution in [0, 0.1) is 11.8 Å². The number of rotatable bonds is 6. The summed E-state index contributed by atoms with van der Waals surface area (Å²) in [5.74, 6) is -1.41. The molecule has 0 aromatic carbocycles. The second-order valence-corrected chi connectivity index (χ2v) is 7.80. The van der Waals surface area contributed by atoms with E-state index in [1.165, 1.54) is 0 Å². The zero-order chi connectivity index (χ0) is 15.1. The molecule has 2 unspecified atom stereocenters. The van der Waals surface area contributed by atoms with Gasteiger partial charge in [0.05, 0.1) is 5.25 Å². The molecule has 2 aliphatic carbocycles. The quantitative estimate of drug-likeness (QED) is 0.691. The van der Waals surface area contributed by atoms with Crippen molar-refractivity contribution < 1.29 is 18.0 Å². The first-order valence-corrected chi connectivity index (χ1v) is 8.28. The lowest BCUT2D eigenvalue weighted by molar-refractivity contribution is -0.130. The summed E-state index contributed by atoms with van der Waals surface area (Å²) in [7, 11) is -3.60. The Morgan fingerprint density at radius 1 is 1.35 bits per heavy atom. The third-order valence-corrected chi connectivity index (χ3v) is 5.59. The van der Waals surface area contributed by atoms with Gasteiger partial charge in [0.1, 0.15) is 5.54 Å². The van der Waals surface area contributed by atoms with Crippen molar-refractivity contribution >= 4 is 21.8 Å². The van der Waals surface area contributed by atoms with Gasteiger partial charge in [0, 0.05) is 11.8 Å². The molecule has 2 atom stereocenters. The van der Waals surface area contributed by atoms with Gasteiger partial charge < -0.3 is 5.32 Å². The standard InChI is InChI=1S/C13H20N2O4S/c1-4-9-7-13(9,14-11(16)8(2)3)12(17)15-20(18,19)10-5-6-10/h4,8-10H,1,5-7H2,2-3H3,(H,14,16)(H,15,17). The van der Waals surface area contributed by atoms with Crippen molar-refractivity contribution in [1.82, 2.24) is 10.0 Å². The maximum absolute atomic E-state index is 12.2. The highest BCUT2D eigenvalue weighted by Crippen LogP contribution is 2.45. The van der Waals surface area contributed by atoms with Crippen molar-refractivity contribution in [2.24, 2.45) is 11.8 Å². The smallest absolute Gasteiger partial charge is 0.259 e. The number of amides is 2. The molecule has 2 saturated carbocycles. The van der Waals surface area contributed by atoms with Gasteiger partial charge in [0.15, 0.2) is 0 Å². The largest absolute Gasteiger partial charge is 0.341 e. The van der Waals surface area contributed by atoms with E-state index >= 15 is 0 Å². The SMILES string of the molecule is C=CC1CC1(NC(=O)C(C)C)C(=O)NS(=O)(=O)C1CC1. The predicted molar refractivity (Wildman–Crippen MR) is 74.1 cm³/mol. The third-order valence-electron chi connectivity index (χ3n) is 3.77. The number of hydrogen-bond acceptors (Lipinski definition) is 4. The van der Waals surface area contributed by atoms with E-state index in [2.05, 4.69) is 16.6 Å². The Morgan fingerprint density at radius 2 is 1.95 bits per heavy atom. The highest BCUT2D eigenvalue weighted by molar-refractivity contribution is 7.90. The molecule has 0 spiro atoms. The van der Waals surface area contributed by atoms with Crippen LogP contribution in [0.15, 0.2) is 12.7 Å². The fourth-order valence-corrected chi connectivity index (χ4v) is 3.44. The van der Waals surface area contributed by atoms with Crippen molar-refractivity contribution in [3.8, 4) is 0 Å². The van der Waals surface area contributed by atoms with Gasteiger partial charge in [-0.25, -0.2) is 8.42 Å². The number of carbonyl (C=O) groups is 2. The van der Waals surface area contributed by atoms with Crippen LogP contribution >= 0.6 is 0 Å². The minimum absolute atomic E-state index is 0.223. The summed E-state index contributed by atoms with van der Waals surface area (Å²) in [6.45, 7) is 7.05. The van der Waals surface area contributed by atoms with E-state index in [1.807, 2.05) is 0 Å². The average molecular weight is 300 g/mol. The first-order valence-electron chi connectivity index (χ1n) is 6.73. The molecule has 7 heteroatoms. The Bertz CT molecular complexity index is 551. The topological polar surface area (TPSA) is 92.3 Å². The van der Waals surface area contributed by atoms with Gasteiger partial charge in [-0.05, 0) is 19.3 Å². The van der Waals surface area contributed by atoms with Crippen molar-refractivity contribution in [3.63, 3.8) is 0 Å². The second kappa shape index (κ2) is 4.87. The lowest BCUT2D eigenvalue weighted by atomic mass is 10.1. The molecule has 0 saturated heterocycles. The lowest BCUT2D eigenvalue weighted by Gasteiger charge is -2.19. The second-order valence-electron chi connectivity index (χ2n) is 5.84. The van der Waals surface area contributed by atoms with E-state index in [-0.39, 0.29) is 17.7 Å². The molecule has 0 heterocycles. The van der Waals surface area contributed by atoms with E-state index in [0.29, 0.717) is 19.3 Å². The molecule has 2 rings (SSSR count). The molecule has 6 nitrogen and oxygen atoms in total. The summed E-state index contributed by atoms with van der Waals surface area (Å²) in [5, 5.41) is 2.20. The summed E-state index contributed by atoms with van der Waals surface area (Å²) in [6, 6.07) is 0. The summed E-state index contributed by atoms with van der Waals surface area (Å²) >= 11 is 0. The van der Waals surface area contributed by atoms with Gasteiger partial charge in [-0.1, -0.05) is 19.9 Å². The molecule has 2 aliphatic rings. The van der Waals surface area contributed by atoms with Crippen LogP contribution in [-0.2, 0) is 19.6 Å². The fraction of sp³-hybridized carbons (Fsp3) is 0.692. The normalized spacial score (nSPS) is 28.9. The Hall–Kier alpha value is -1.37.